The Bertz CT molecular complexity index is 827. The van der Waals surface area contributed by atoms with Crippen LogP contribution in [-0.4, -0.2) is 63.1 Å². The Labute approximate surface area is 171 Å². The van der Waals surface area contributed by atoms with Gasteiger partial charge in [0.2, 0.25) is 0 Å². The van der Waals surface area contributed by atoms with E-state index in [1.54, 1.807) is 18.3 Å². The molecule has 0 bridgehead atoms. The zero-order chi connectivity index (χ0) is 22.1. The number of pyridine rings is 1. The van der Waals surface area contributed by atoms with Gasteiger partial charge in [-0.15, -0.1) is 0 Å². The summed E-state index contributed by atoms with van der Waals surface area (Å²) in [5, 5.41) is 14.8. The quantitative estimate of drug-likeness (QED) is 0.727. The van der Waals surface area contributed by atoms with Crippen LogP contribution in [0.2, 0.25) is 0 Å². The molecule has 1 fully saturated rings. The Balaban J connectivity index is 0.000000469. The van der Waals surface area contributed by atoms with E-state index in [2.05, 4.69) is 14.8 Å². The van der Waals surface area contributed by atoms with Gasteiger partial charge in [-0.2, -0.15) is 13.2 Å². The number of halogens is 3. The van der Waals surface area contributed by atoms with E-state index in [0.717, 1.165) is 44.5 Å². The molecular weight excluding hydrogens is 403 g/mol. The van der Waals surface area contributed by atoms with E-state index in [0.29, 0.717) is 12.1 Å². The van der Waals surface area contributed by atoms with Gasteiger partial charge in [0.1, 0.15) is 0 Å². The molecule has 0 saturated carbocycles. The molecule has 0 unspecified atom stereocenters. The maximum Gasteiger partial charge on any atom is 0.416 e. The Morgan fingerprint density at radius 1 is 0.867 bits per heavy atom. The highest BCUT2D eigenvalue weighted by Gasteiger charge is 2.33. The van der Waals surface area contributed by atoms with Crippen LogP contribution in [0, 0.1) is 0 Å². The second-order valence-corrected chi connectivity index (χ2v) is 6.64. The van der Waals surface area contributed by atoms with Crippen LogP contribution >= 0.6 is 0 Å². The first-order valence-corrected chi connectivity index (χ1v) is 9.12. The minimum Gasteiger partial charge on any atom is -0.473 e. The van der Waals surface area contributed by atoms with Crippen molar-refractivity contribution in [1.82, 2.24) is 14.8 Å². The second kappa shape index (κ2) is 10.7. The normalized spacial score (nSPS) is 15.2. The van der Waals surface area contributed by atoms with Crippen molar-refractivity contribution < 1.29 is 33.0 Å². The van der Waals surface area contributed by atoms with Crippen LogP contribution in [0.1, 0.15) is 16.8 Å². The number of alkyl halides is 3. The summed E-state index contributed by atoms with van der Waals surface area (Å²) in [5.41, 5.74) is 0.845. The van der Waals surface area contributed by atoms with Crippen LogP contribution in [0.4, 0.5) is 13.2 Å². The third kappa shape index (κ3) is 7.45. The van der Waals surface area contributed by atoms with E-state index < -0.39 is 23.7 Å². The summed E-state index contributed by atoms with van der Waals surface area (Å²) in [6.45, 7) is 4.33. The molecule has 1 saturated heterocycles. The second-order valence-electron chi connectivity index (χ2n) is 6.64. The van der Waals surface area contributed by atoms with Crippen molar-refractivity contribution in [1.29, 1.82) is 0 Å². The lowest BCUT2D eigenvalue weighted by Gasteiger charge is -2.34. The lowest BCUT2D eigenvalue weighted by atomic mass is 10.1. The smallest absolute Gasteiger partial charge is 0.416 e. The van der Waals surface area contributed by atoms with Crippen LogP contribution in [0.5, 0.6) is 0 Å². The Morgan fingerprint density at radius 3 is 1.90 bits per heavy atom. The number of aromatic nitrogens is 1. The summed E-state index contributed by atoms with van der Waals surface area (Å²) in [5.74, 6) is -3.65. The molecule has 3 rings (SSSR count). The molecule has 0 radical (unpaired) electrons. The van der Waals surface area contributed by atoms with Gasteiger partial charge >= 0.3 is 18.1 Å². The van der Waals surface area contributed by atoms with E-state index in [1.165, 1.54) is 6.07 Å². The van der Waals surface area contributed by atoms with Gasteiger partial charge in [-0.1, -0.05) is 24.3 Å². The van der Waals surface area contributed by atoms with E-state index in [9.17, 15) is 13.2 Å². The van der Waals surface area contributed by atoms with Gasteiger partial charge in [0, 0.05) is 45.5 Å². The van der Waals surface area contributed by atoms with E-state index in [4.69, 9.17) is 19.8 Å². The minimum atomic E-state index is -4.29. The first-order chi connectivity index (χ1) is 14.2. The summed E-state index contributed by atoms with van der Waals surface area (Å²) >= 11 is 0. The van der Waals surface area contributed by atoms with Gasteiger partial charge in [0.15, 0.2) is 0 Å². The molecule has 1 aromatic heterocycles. The van der Waals surface area contributed by atoms with Crippen LogP contribution in [0.25, 0.3) is 0 Å². The van der Waals surface area contributed by atoms with Crippen LogP contribution in [0.3, 0.4) is 0 Å². The fourth-order valence-electron chi connectivity index (χ4n) is 3.00. The molecule has 0 aliphatic carbocycles. The number of piperazine rings is 1. The third-order valence-electron chi connectivity index (χ3n) is 4.48. The maximum absolute atomic E-state index is 13.1. The molecule has 162 valence electrons. The molecule has 0 spiro atoms. The van der Waals surface area contributed by atoms with E-state index in [-0.39, 0.29) is 0 Å². The third-order valence-corrected chi connectivity index (χ3v) is 4.48. The van der Waals surface area contributed by atoms with E-state index in [1.807, 2.05) is 18.2 Å². The SMILES string of the molecule is FC(F)(F)c1ccccc1CN1CCN(Cc2ccccn2)CC1.O=C(O)C(=O)O. The molecule has 10 heteroatoms. The number of nitrogens with zero attached hydrogens (tertiary/aromatic N) is 3. The molecular formula is C20H22F3N3O4. The van der Waals surface area contributed by atoms with E-state index >= 15 is 0 Å². The number of aliphatic carboxylic acids is 2. The molecule has 1 aromatic carbocycles. The highest BCUT2D eigenvalue weighted by atomic mass is 19.4. The molecule has 30 heavy (non-hydrogen) atoms. The Morgan fingerprint density at radius 2 is 1.40 bits per heavy atom. The topological polar surface area (TPSA) is 94.0 Å². The summed E-state index contributed by atoms with van der Waals surface area (Å²) in [6, 6.07) is 11.7. The zero-order valence-electron chi connectivity index (χ0n) is 16.0. The Hall–Kier alpha value is -2.98. The first kappa shape index (κ1) is 23.3. The van der Waals surface area contributed by atoms with Crippen molar-refractivity contribution in [2.45, 2.75) is 19.3 Å². The minimum absolute atomic E-state index is 0.340. The number of benzene rings is 1. The fraction of sp³-hybridized carbons (Fsp3) is 0.350. The molecule has 0 amide bonds. The van der Waals surface area contributed by atoms with Gasteiger partial charge in [-0.05, 0) is 23.8 Å². The number of carbonyl (C=O) groups is 2. The van der Waals surface area contributed by atoms with Crippen LogP contribution in [0.15, 0.2) is 48.7 Å². The summed E-state index contributed by atoms with van der Waals surface area (Å²) in [7, 11) is 0. The summed E-state index contributed by atoms with van der Waals surface area (Å²) in [4.78, 5) is 26.9. The number of carboxylic acid groups (broad SMARTS) is 2. The van der Waals surface area contributed by atoms with Crippen LogP contribution < -0.4 is 0 Å². The highest BCUT2D eigenvalue weighted by molar-refractivity contribution is 6.27. The van der Waals surface area contributed by atoms with Crippen molar-refractivity contribution in [2.24, 2.45) is 0 Å². The summed E-state index contributed by atoms with van der Waals surface area (Å²) in [6.07, 6.45) is -2.52. The van der Waals surface area contributed by atoms with Gasteiger partial charge in [0.25, 0.3) is 0 Å². The van der Waals surface area contributed by atoms with Crippen molar-refractivity contribution in [3.8, 4) is 0 Å². The largest absolute Gasteiger partial charge is 0.473 e. The molecule has 2 heterocycles. The zero-order valence-corrected chi connectivity index (χ0v) is 16.0. The number of hydrogen-bond donors (Lipinski definition) is 2. The first-order valence-electron chi connectivity index (χ1n) is 9.12. The molecule has 1 aliphatic rings. The Kier molecular flexibility index (Phi) is 8.31. The molecule has 1 aliphatic heterocycles. The van der Waals surface area contributed by atoms with Crippen molar-refractivity contribution in [3.05, 3.63) is 65.5 Å². The predicted octanol–water partition coefficient (Wildman–Crippen LogP) is 2.57. The lowest BCUT2D eigenvalue weighted by molar-refractivity contribution is -0.159. The monoisotopic (exact) mass is 425 g/mol. The average molecular weight is 425 g/mol. The van der Waals surface area contributed by atoms with Crippen molar-refractivity contribution in [2.75, 3.05) is 26.2 Å². The van der Waals surface area contributed by atoms with Crippen LogP contribution in [-0.2, 0) is 28.9 Å². The molecule has 2 aromatic rings. The van der Waals surface area contributed by atoms with Crippen molar-refractivity contribution in [3.63, 3.8) is 0 Å². The molecule has 7 nitrogen and oxygen atoms in total. The maximum atomic E-state index is 13.1. The van der Waals surface area contributed by atoms with Crippen molar-refractivity contribution >= 4 is 11.9 Å². The summed E-state index contributed by atoms with van der Waals surface area (Å²) < 4.78 is 39.2. The van der Waals surface area contributed by atoms with Gasteiger partial charge < -0.3 is 10.2 Å². The van der Waals surface area contributed by atoms with Gasteiger partial charge in [-0.3, -0.25) is 14.8 Å². The number of carboxylic acids is 2. The van der Waals surface area contributed by atoms with Gasteiger partial charge in [0.05, 0.1) is 11.3 Å². The number of hydrogen-bond acceptors (Lipinski definition) is 5. The standard InChI is InChI=1S/C18H20F3N3.C2H2O4/c19-18(20,21)17-7-2-1-5-15(17)13-23-9-11-24(12-10-23)14-16-6-3-4-8-22-16;3-1(4)2(5)6/h1-8H,9-14H2;(H,3,4)(H,5,6). The molecule has 2 N–H and O–H groups in total. The fourth-order valence-corrected chi connectivity index (χ4v) is 3.00. The average Bonchev–Trinajstić information content (AvgIpc) is 2.70. The lowest BCUT2D eigenvalue weighted by Crippen LogP contribution is -2.45. The number of rotatable bonds is 4. The highest BCUT2D eigenvalue weighted by Crippen LogP contribution is 2.32. The molecule has 0 atom stereocenters. The van der Waals surface area contributed by atoms with Gasteiger partial charge in [-0.25, -0.2) is 9.59 Å². The predicted molar refractivity (Wildman–Crippen MR) is 102 cm³/mol.